The van der Waals surface area contributed by atoms with E-state index in [0.29, 0.717) is 12.0 Å². The minimum absolute atomic E-state index is 0.358. The number of benzene rings is 2. The van der Waals surface area contributed by atoms with Crippen LogP contribution in [-0.2, 0) is 11.2 Å². The summed E-state index contributed by atoms with van der Waals surface area (Å²) in [5.41, 5.74) is 2.72. The molecule has 0 aromatic heterocycles. The average molecular weight is 258 g/mol. The van der Waals surface area contributed by atoms with Gasteiger partial charge in [0.1, 0.15) is 5.82 Å². The van der Waals surface area contributed by atoms with Crippen molar-refractivity contribution in [2.24, 2.45) is 0 Å². The van der Waals surface area contributed by atoms with E-state index in [1.807, 2.05) is 31.2 Å². The van der Waals surface area contributed by atoms with Gasteiger partial charge in [0.25, 0.3) is 0 Å². The van der Waals surface area contributed by atoms with Crippen LogP contribution in [0.1, 0.15) is 22.6 Å². The second kappa shape index (κ2) is 5.65. The zero-order chi connectivity index (χ0) is 13.8. The van der Waals surface area contributed by atoms with E-state index in [9.17, 15) is 14.3 Å². The third kappa shape index (κ3) is 3.41. The van der Waals surface area contributed by atoms with Crippen molar-refractivity contribution < 1.29 is 14.3 Å². The van der Waals surface area contributed by atoms with Gasteiger partial charge in [-0.25, -0.2) is 4.39 Å². The van der Waals surface area contributed by atoms with Gasteiger partial charge < -0.3 is 5.11 Å². The van der Waals surface area contributed by atoms with E-state index in [-0.39, 0.29) is 5.82 Å². The number of carbonyl (C=O) groups is 1. The van der Waals surface area contributed by atoms with Gasteiger partial charge in [0.15, 0.2) is 0 Å². The predicted octanol–water partition coefficient (Wildman–Crippen LogP) is 3.55. The van der Waals surface area contributed by atoms with Crippen LogP contribution in [0.4, 0.5) is 4.39 Å². The lowest BCUT2D eigenvalue weighted by Gasteiger charge is -2.13. The Morgan fingerprint density at radius 3 is 2.21 bits per heavy atom. The number of carboxylic acid groups (broad SMARTS) is 1. The van der Waals surface area contributed by atoms with Crippen molar-refractivity contribution in [2.45, 2.75) is 19.3 Å². The lowest BCUT2D eigenvalue weighted by atomic mass is 9.92. The molecule has 98 valence electrons. The topological polar surface area (TPSA) is 37.3 Å². The normalized spacial score (nSPS) is 12.1. The third-order valence-corrected chi connectivity index (χ3v) is 3.13. The lowest BCUT2D eigenvalue weighted by molar-refractivity contribution is -0.138. The second-order valence-electron chi connectivity index (χ2n) is 4.63. The fourth-order valence-electron chi connectivity index (χ4n) is 2.00. The van der Waals surface area contributed by atoms with Crippen molar-refractivity contribution in [3.05, 3.63) is 71.0 Å². The van der Waals surface area contributed by atoms with Crippen LogP contribution < -0.4 is 0 Å². The van der Waals surface area contributed by atoms with Crippen LogP contribution >= 0.6 is 0 Å². The molecule has 0 bridgehead atoms. The van der Waals surface area contributed by atoms with Gasteiger partial charge in [-0.15, -0.1) is 0 Å². The van der Waals surface area contributed by atoms with E-state index >= 15 is 0 Å². The van der Waals surface area contributed by atoms with Crippen molar-refractivity contribution >= 4 is 5.97 Å². The minimum atomic E-state index is -0.896. The molecule has 0 radical (unpaired) electrons. The number of halogens is 1. The van der Waals surface area contributed by atoms with E-state index < -0.39 is 11.9 Å². The lowest BCUT2D eigenvalue weighted by Crippen LogP contribution is -2.14. The highest BCUT2D eigenvalue weighted by atomic mass is 19.1. The maximum atomic E-state index is 12.9. The molecular weight excluding hydrogens is 243 g/mol. The molecule has 2 nitrogen and oxygen atoms in total. The molecule has 2 rings (SSSR count). The summed E-state index contributed by atoms with van der Waals surface area (Å²) in [6.45, 7) is 1.98. The molecule has 3 heteroatoms. The first kappa shape index (κ1) is 13.3. The van der Waals surface area contributed by atoms with Crippen LogP contribution in [0.2, 0.25) is 0 Å². The monoisotopic (exact) mass is 258 g/mol. The molecule has 1 N–H and O–H groups in total. The predicted molar refractivity (Wildman–Crippen MR) is 71.7 cm³/mol. The number of rotatable bonds is 4. The minimum Gasteiger partial charge on any atom is -0.481 e. The zero-order valence-electron chi connectivity index (χ0n) is 10.6. The Hall–Kier alpha value is -2.16. The summed E-state index contributed by atoms with van der Waals surface area (Å²) in [5, 5.41) is 9.32. The molecule has 0 spiro atoms. The number of carboxylic acids is 1. The third-order valence-electron chi connectivity index (χ3n) is 3.13. The molecule has 0 amide bonds. The quantitative estimate of drug-likeness (QED) is 0.910. The summed E-state index contributed by atoms with van der Waals surface area (Å²) >= 11 is 0. The van der Waals surface area contributed by atoms with Gasteiger partial charge in [0.05, 0.1) is 5.92 Å². The summed E-state index contributed by atoms with van der Waals surface area (Å²) in [7, 11) is 0. The van der Waals surface area contributed by atoms with Gasteiger partial charge in [-0.3, -0.25) is 4.79 Å². The van der Waals surface area contributed by atoms with Gasteiger partial charge >= 0.3 is 5.97 Å². The number of aliphatic carboxylic acids is 1. The highest BCUT2D eigenvalue weighted by Gasteiger charge is 2.20. The van der Waals surface area contributed by atoms with Crippen molar-refractivity contribution in [3.63, 3.8) is 0 Å². The second-order valence-corrected chi connectivity index (χ2v) is 4.63. The summed E-state index contributed by atoms with van der Waals surface area (Å²) in [4.78, 5) is 11.4. The first-order valence-electron chi connectivity index (χ1n) is 6.10. The Kier molecular flexibility index (Phi) is 3.95. The van der Waals surface area contributed by atoms with E-state index in [4.69, 9.17) is 0 Å². The van der Waals surface area contributed by atoms with E-state index in [0.717, 1.165) is 11.1 Å². The van der Waals surface area contributed by atoms with Crippen LogP contribution in [0.3, 0.4) is 0 Å². The molecular formula is C16H15FO2. The van der Waals surface area contributed by atoms with Gasteiger partial charge in [-0.1, -0.05) is 42.0 Å². The summed E-state index contributed by atoms with van der Waals surface area (Å²) in [6.07, 6.45) is 0.404. The Labute approximate surface area is 111 Å². The standard InChI is InChI=1S/C16H15FO2/c1-11-2-4-12(5-3-11)10-15(16(18)19)13-6-8-14(17)9-7-13/h2-9,15H,10H2,1H3,(H,18,19). The summed E-state index contributed by atoms with van der Waals surface area (Å²) in [5.74, 6) is -1.90. The van der Waals surface area contributed by atoms with Crippen molar-refractivity contribution in [3.8, 4) is 0 Å². The largest absolute Gasteiger partial charge is 0.481 e. The molecule has 0 aliphatic rings. The van der Waals surface area contributed by atoms with Gasteiger partial charge in [0, 0.05) is 0 Å². The fraction of sp³-hybridized carbons (Fsp3) is 0.188. The van der Waals surface area contributed by atoms with Crippen molar-refractivity contribution in [2.75, 3.05) is 0 Å². The van der Waals surface area contributed by atoms with Crippen LogP contribution in [0, 0.1) is 12.7 Å². The van der Waals surface area contributed by atoms with Crippen molar-refractivity contribution in [1.82, 2.24) is 0 Å². The maximum Gasteiger partial charge on any atom is 0.311 e. The van der Waals surface area contributed by atoms with Crippen molar-refractivity contribution in [1.29, 1.82) is 0 Å². The van der Waals surface area contributed by atoms with Gasteiger partial charge in [-0.05, 0) is 36.6 Å². The van der Waals surface area contributed by atoms with E-state index in [2.05, 4.69) is 0 Å². The molecule has 0 aliphatic carbocycles. The molecule has 1 atom stereocenters. The Bertz CT molecular complexity index is 558. The highest BCUT2D eigenvalue weighted by molar-refractivity contribution is 5.76. The van der Waals surface area contributed by atoms with Gasteiger partial charge in [0.2, 0.25) is 0 Å². The van der Waals surface area contributed by atoms with Crippen LogP contribution in [0.25, 0.3) is 0 Å². The Morgan fingerprint density at radius 1 is 1.11 bits per heavy atom. The average Bonchev–Trinajstić information content (AvgIpc) is 2.39. The smallest absolute Gasteiger partial charge is 0.311 e. The van der Waals surface area contributed by atoms with Gasteiger partial charge in [-0.2, -0.15) is 0 Å². The molecule has 2 aromatic rings. The fourth-order valence-corrected chi connectivity index (χ4v) is 2.00. The number of hydrogen-bond acceptors (Lipinski definition) is 1. The molecule has 0 aliphatic heterocycles. The Morgan fingerprint density at radius 2 is 1.68 bits per heavy atom. The highest BCUT2D eigenvalue weighted by Crippen LogP contribution is 2.22. The van der Waals surface area contributed by atoms with E-state index in [1.54, 1.807) is 0 Å². The van der Waals surface area contributed by atoms with E-state index in [1.165, 1.54) is 24.3 Å². The molecule has 0 saturated heterocycles. The first-order chi connectivity index (χ1) is 9.06. The molecule has 2 aromatic carbocycles. The maximum absolute atomic E-state index is 12.9. The number of aryl methyl sites for hydroxylation is 1. The van der Waals surface area contributed by atoms with Crippen LogP contribution in [0.5, 0.6) is 0 Å². The molecule has 0 fully saturated rings. The molecule has 0 saturated carbocycles. The number of hydrogen-bond donors (Lipinski definition) is 1. The summed E-state index contributed by atoms with van der Waals surface area (Å²) in [6, 6.07) is 13.4. The first-order valence-corrected chi connectivity index (χ1v) is 6.10. The zero-order valence-corrected chi connectivity index (χ0v) is 10.6. The Balaban J connectivity index is 2.23. The van der Waals surface area contributed by atoms with Crippen LogP contribution in [-0.4, -0.2) is 11.1 Å². The summed E-state index contributed by atoms with van der Waals surface area (Å²) < 4.78 is 12.9. The SMILES string of the molecule is Cc1ccc(CC(C(=O)O)c2ccc(F)cc2)cc1. The van der Waals surface area contributed by atoms with Crippen LogP contribution in [0.15, 0.2) is 48.5 Å². The molecule has 19 heavy (non-hydrogen) atoms. The molecule has 0 heterocycles. The molecule has 1 unspecified atom stereocenters.